The molecule has 0 saturated carbocycles. The van der Waals surface area contributed by atoms with Crippen LogP contribution in [0.2, 0.25) is 0 Å². The van der Waals surface area contributed by atoms with Crippen LogP contribution in [-0.4, -0.2) is 34.0 Å². The van der Waals surface area contributed by atoms with Crippen molar-refractivity contribution in [2.75, 3.05) is 13.1 Å². The molecule has 0 aliphatic carbocycles. The predicted octanol–water partition coefficient (Wildman–Crippen LogP) is 4.59. The summed E-state index contributed by atoms with van der Waals surface area (Å²) < 4.78 is 5.42. The number of hydrogen-bond donors (Lipinski definition) is 1. The number of rotatable bonds is 7. The predicted molar refractivity (Wildman–Crippen MR) is 118 cm³/mol. The van der Waals surface area contributed by atoms with E-state index in [4.69, 9.17) is 4.52 Å². The van der Waals surface area contributed by atoms with Crippen molar-refractivity contribution >= 4 is 17.2 Å². The molecule has 1 fully saturated rings. The standard InChI is InChI=1S/C23H28N4O2S/c1-3-19(18-8-5-4-7-16(18)2)24-23(28)17-10-12-27(13-11-17)15-21-25-22(26-29-21)20-9-6-14-30-20/h4-9,14,17,19H,3,10-13,15H2,1-2H3,(H,24,28). The van der Waals surface area contributed by atoms with Gasteiger partial charge in [0.25, 0.3) is 0 Å². The van der Waals surface area contributed by atoms with E-state index in [1.54, 1.807) is 11.3 Å². The molecule has 7 heteroatoms. The Labute approximate surface area is 181 Å². The van der Waals surface area contributed by atoms with Crippen molar-refractivity contribution in [1.82, 2.24) is 20.4 Å². The monoisotopic (exact) mass is 424 g/mol. The van der Waals surface area contributed by atoms with Gasteiger partial charge < -0.3 is 9.84 Å². The molecule has 0 spiro atoms. The lowest BCUT2D eigenvalue weighted by atomic mass is 9.94. The average Bonchev–Trinajstić information content (AvgIpc) is 3.45. The van der Waals surface area contributed by atoms with Crippen LogP contribution in [0, 0.1) is 12.8 Å². The quantitative estimate of drug-likeness (QED) is 0.601. The van der Waals surface area contributed by atoms with Crippen molar-refractivity contribution in [3.63, 3.8) is 0 Å². The molecule has 30 heavy (non-hydrogen) atoms. The summed E-state index contributed by atoms with van der Waals surface area (Å²) in [6.07, 6.45) is 2.59. The molecule has 1 aliphatic heterocycles. The van der Waals surface area contributed by atoms with Gasteiger partial charge in [-0.05, 0) is 61.8 Å². The van der Waals surface area contributed by atoms with Crippen molar-refractivity contribution in [3.05, 3.63) is 58.8 Å². The number of aromatic nitrogens is 2. The van der Waals surface area contributed by atoms with Gasteiger partial charge in [-0.3, -0.25) is 9.69 Å². The second-order valence-electron chi connectivity index (χ2n) is 7.87. The molecule has 0 radical (unpaired) electrons. The highest BCUT2D eigenvalue weighted by Crippen LogP contribution is 2.25. The summed E-state index contributed by atoms with van der Waals surface area (Å²) in [5.41, 5.74) is 2.43. The topological polar surface area (TPSA) is 71.3 Å². The Balaban J connectivity index is 1.29. The molecule has 2 aromatic heterocycles. The maximum absolute atomic E-state index is 12.9. The van der Waals surface area contributed by atoms with Crippen molar-refractivity contribution in [2.24, 2.45) is 5.92 Å². The van der Waals surface area contributed by atoms with Gasteiger partial charge in [0.05, 0.1) is 17.5 Å². The first-order valence-electron chi connectivity index (χ1n) is 10.6. The molecule has 1 saturated heterocycles. The van der Waals surface area contributed by atoms with Crippen molar-refractivity contribution < 1.29 is 9.32 Å². The van der Waals surface area contributed by atoms with Crippen molar-refractivity contribution in [3.8, 4) is 10.7 Å². The Bertz CT molecular complexity index is 961. The van der Waals surface area contributed by atoms with E-state index in [0.29, 0.717) is 18.3 Å². The van der Waals surface area contributed by atoms with E-state index in [0.717, 1.165) is 37.2 Å². The van der Waals surface area contributed by atoms with Crippen LogP contribution >= 0.6 is 11.3 Å². The summed E-state index contributed by atoms with van der Waals surface area (Å²) in [4.78, 5) is 20.7. The molecule has 158 valence electrons. The second kappa shape index (κ2) is 9.53. The van der Waals surface area contributed by atoms with Gasteiger partial charge in [0, 0.05) is 5.92 Å². The molecular formula is C23H28N4O2S. The van der Waals surface area contributed by atoms with Crippen LogP contribution in [0.5, 0.6) is 0 Å². The minimum Gasteiger partial charge on any atom is -0.349 e. The molecular weight excluding hydrogens is 396 g/mol. The summed E-state index contributed by atoms with van der Waals surface area (Å²) >= 11 is 1.60. The summed E-state index contributed by atoms with van der Waals surface area (Å²) in [6, 6.07) is 12.3. The lowest BCUT2D eigenvalue weighted by molar-refractivity contribution is -0.127. The zero-order chi connectivity index (χ0) is 20.9. The van der Waals surface area contributed by atoms with Crippen LogP contribution in [-0.2, 0) is 11.3 Å². The Morgan fingerprint density at radius 3 is 2.77 bits per heavy atom. The minimum absolute atomic E-state index is 0.0590. The highest BCUT2D eigenvalue weighted by molar-refractivity contribution is 7.13. The van der Waals surface area contributed by atoms with E-state index in [9.17, 15) is 4.79 Å². The Morgan fingerprint density at radius 1 is 1.27 bits per heavy atom. The highest BCUT2D eigenvalue weighted by atomic mass is 32.1. The number of nitrogens with one attached hydrogen (secondary N) is 1. The number of aryl methyl sites for hydroxylation is 1. The van der Waals surface area contributed by atoms with Crippen LogP contribution in [0.15, 0.2) is 46.3 Å². The van der Waals surface area contributed by atoms with E-state index in [1.165, 1.54) is 11.1 Å². The van der Waals surface area contributed by atoms with Crippen molar-refractivity contribution in [1.29, 1.82) is 0 Å². The normalized spacial score (nSPS) is 16.5. The molecule has 6 nitrogen and oxygen atoms in total. The Hall–Kier alpha value is -2.51. The zero-order valence-corrected chi connectivity index (χ0v) is 18.3. The van der Waals surface area contributed by atoms with Gasteiger partial charge in [0.1, 0.15) is 0 Å². The van der Waals surface area contributed by atoms with Gasteiger partial charge in [0.2, 0.25) is 17.6 Å². The van der Waals surface area contributed by atoms with Gasteiger partial charge in [-0.2, -0.15) is 4.98 Å². The summed E-state index contributed by atoms with van der Waals surface area (Å²) in [6.45, 7) is 6.57. The van der Waals surface area contributed by atoms with E-state index < -0.39 is 0 Å². The molecule has 4 rings (SSSR count). The SMILES string of the molecule is CCC(NC(=O)C1CCN(Cc2nc(-c3cccs3)no2)CC1)c1ccccc1C. The Morgan fingerprint density at radius 2 is 2.07 bits per heavy atom. The third-order valence-corrected chi connectivity index (χ3v) is 6.68. The first-order chi connectivity index (χ1) is 14.6. The van der Waals surface area contributed by atoms with E-state index in [1.807, 2.05) is 29.6 Å². The molecule has 1 N–H and O–H groups in total. The number of amides is 1. The molecule has 3 aromatic rings. The molecule has 1 amide bonds. The molecule has 1 unspecified atom stereocenters. The van der Waals surface area contributed by atoms with Crippen LogP contribution in [0.25, 0.3) is 10.7 Å². The lowest BCUT2D eigenvalue weighted by Crippen LogP contribution is -2.41. The Kier molecular flexibility index (Phi) is 6.59. The molecule has 0 bridgehead atoms. The van der Waals surface area contributed by atoms with E-state index in [-0.39, 0.29) is 17.9 Å². The van der Waals surface area contributed by atoms with Gasteiger partial charge in [-0.25, -0.2) is 0 Å². The molecule has 1 aromatic carbocycles. The first-order valence-corrected chi connectivity index (χ1v) is 11.5. The number of thiophene rings is 1. The fraction of sp³-hybridized carbons (Fsp3) is 0.435. The van der Waals surface area contributed by atoms with Crippen LogP contribution in [0.4, 0.5) is 0 Å². The third kappa shape index (κ3) is 4.79. The minimum atomic E-state index is 0.0590. The number of carbonyl (C=O) groups is 1. The van der Waals surface area contributed by atoms with Gasteiger partial charge >= 0.3 is 0 Å². The molecule has 1 atom stereocenters. The summed E-state index contributed by atoms with van der Waals surface area (Å²) in [5, 5.41) is 9.36. The number of nitrogens with zero attached hydrogens (tertiary/aromatic N) is 3. The number of benzene rings is 1. The fourth-order valence-electron chi connectivity index (χ4n) is 4.04. The smallest absolute Gasteiger partial charge is 0.241 e. The first kappa shape index (κ1) is 20.8. The molecule has 1 aliphatic rings. The number of hydrogen-bond acceptors (Lipinski definition) is 6. The third-order valence-electron chi connectivity index (χ3n) is 5.82. The van der Waals surface area contributed by atoms with Crippen LogP contribution in [0.1, 0.15) is 49.2 Å². The highest BCUT2D eigenvalue weighted by Gasteiger charge is 2.27. The molecule has 3 heterocycles. The van der Waals surface area contributed by atoms with Gasteiger partial charge in [0.15, 0.2) is 0 Å². The largest absolute Gasteiger partial charge is 0.349 e. The number of carbonyl (C=O) groups excluding carboxylic acids is 1. The lowest BCUT2D eigenvalue weighted by Gasteiger charge is -2.31. The summed E-state index contributed by atoms with van der Waals surface area (Å²) in [7, 11) is 0. The fourth-order valence-corrected chi connectivity index (χ4v) is 4.69. The van der Waals surface area contributed by atoms with Crippen LogP contribution in [0.3, 0.4) is 0 Å². The van der Waals surface area contributed by atoms with E-state index in [2.05, 4.69) is 46.3 Å². The van der Waals surface area contributed by atoms with Gasteiger partial charge in [-0.15, -0.1) is 11.3 Å². The maximum atomic E-state index is 12.9. The maximum Gasteiger partial charge on any atom is 0.241 e. The second-order valence-corrected chi connectivity index (χ2v) is 8.81. The zero-order valence-electron chi connectivity index (χ0n) is 17.5. The van der Waals surface area contributed by atoms with Gasteiger partial charge in [-0.1, -0.05) is 42.4 Å². The van der Waals surface area contributed by atoms with E-state index >= 15 is 0 Å². The van der Waals surface area contributed by atoms with Crippen molar-refractivity contribution in [2.45, 2.75) is 45.7 Å². The average molecular weight is 425 g/mol. The summed E-state index contributed by atoms with van der Waals surface area (Å²) in [5.74, 6) is 1.51. The number of piperidine rings is 1. The number of likely N-dealkylation sites (tertiary alicyclic amines) is 1. The van der Waals surface area contributed by atoms with Crippen LogP contribution < -0.4 is 5.32 Å².